The van der Waals surface area contributed by atoms with E-state index >= 15 is 0 Å². The molecule has 1 aliphatic rings. The van der Waals surface area contributed by atoms with Crippen LogP contribution in [0, 0.1) is 13.8 Å². The van der Waals surface area contributed by atoms with Crippen molar-refractivity contribution in [1.82, 2.24) is 15.2 Å². The fourth-order valence-electron chi connectivity index (χ4n) is 5.27. The lowest BCUT2D eigenvalue weighted by molar-refractivity contribution is 0.0950. The lowest BCUT2D eigenvalue weighted by atomic mass is 9.89. The van der Waals surface area contributed by atoms with Crippen LogP contribution < -0.4 is 15.8 Å². The Bertz CT molecular complexity index is 1070. The molecule has 0 spiro atoms. The molecule has 0 aliphatic heterocycles. The van der Waals surface area contributed by atoms with Crippen molar-refractivity contribution in [2.75, 3.05) is 25.5 Å². The Balaban J connectivity index is 1.82. The molecule has 1 aromatic heterocycles. The number of nitrogens with zero attached hydrogens (tertiary/aromatic N) is 2. The minimum Gasteiger partial charge on any atom is -0.369 e. The van der Waals surface area contributed by atoms with Crippen molar-refractivity contribution in [1.29, 1.82) is 0 Å². The van der Waals surface area contributed by atoms with Gasteiger partial charge < -0.3 is 20.1 Å². The fourth-order valence-corrected chi connectivity index (χ4v) is 5.48. The second-order valence-corrected chi connectivity index (χ2v) is 10.1. The van der Waals surface area contributed by atoms with Gasteiger partial charge in [0.1, 0.15) is 0 Å². The smallest absolute Gasteiger partial charge is 0.253 e. The van der Waals surface area contributed by atoms with Crippen molar-refractivity contribution in [2.45, 2.75) is 78.4 Å². The summed E-state index contributed by atoms with van der Waals surface area (Å²) in [7, 11) is 4.31. The van der Waals surface area contributed by atoms with Gasteiger partial charge in [0.15, 0.2) is 0 Å². The second-order valence-electron chi connectivity index (χ2n) is 9.63. The van der Waals surface area contributed by atoms with Crippen molar-refractivity contribution in [3.05, 3.63) is 61.5 Å². The summed E-state index contributed by atoms with van der Waals surface area (Å²) in [4.78, 5) is 33.3. The molecule has 3 rings (SSSR count). The van der Waals surface area contributed by atoms with E-state index in [2.05, 4.69) is 41.1 Å². The third kappa shape index (κ3) is 5.84. The van der Waals surface area contributed by atoms with Crippen LogP contribution in [0.5, 0.6) is 0 Å². The number of hydrogen-bond donors (Lipinski definition) is 2. The number of aryl methyl sites for hydroxylation is 2. The SMILES string of the molecule is CCc1cc(C)[nH]c(=O)c1CNC(=O)c1cc(Cl)cc(N(CC)[C@H]2CC[C@H](N(C)C)CC2)c1C. The topological polar surface area (TPSA) is 68.4 Å². The van der Waals surface area contributed by atoms with E-state index in [9.17, 15) is 9.59 Å². The zero-order valence-electron chi connectivity index (χ0n) is 21.4. The number of nitrogens with one attached hydrogen (secondary N) is 2. The molecule has 2 aromatic rings. The summed E-state index contributed by atoms with van der Waals surface area (Å²) in [5.41, 5.74) is 4.75. The number of pyridine rings is 1. The van der Waals surface area contributed by atoms with E-state index in [0.29, 0.717) is 28.2 Å². The molecule has 1 saturated carbocycles. The quantitative estimate of drug-likeness (QED) is 0.560. The molecule has 2 N–H and O–H groups in total. The monoisotopic (exact) mass is 486 g/mol. The Kier molecular flexibility index (Phi) is 8.83. The highest BCUT2D eigenvalue weighted by atomic mass is 35.5. The van der Waals surface area contributed by atoms with Crippen molar-refractivity contribution in [3.8, 4) is 0 Å². The van der Waals surface area contributed by atoms with Gasteiger partial charge in [0.05, 0.1) is 0 Å². The van der Waals surface area contributed by atoms with Crippen LogP contribution in [0.3, 0.4) is 0 Å². The van der Waals surface area contributed by atoms with Gasteiger partial charge in [0, 0.05) is 52.7 Å². The molecular weight excluding hydrogens is 448 g/mol. The number of aromatic amines is 1. The molecule has 1 fully saturated rings. The van der Waals surface area contributed by atoms with Gasteiger partial charge in [-0.25, -0.2) is 0 Å². The highest BCUT2D eigenvalue weighted by molar-refractivity contribution is 6.31. The number of carbonyl (C=O) groups excluding carboxylic acids is 1. The summed E-state index contributed by atoms with van der Waals surface area (Å²) < 4.78 is 0. The first kappa shape index (κ1) is 26.3. The number of halogens is 1. The largest absolute Gasteiger partial charge is 0.369 e. The summed E-state index contributed by atoms with van der Waals surface area (Å²) in [6.07, 6.45) is 5.33. The van der Waals surface area contributed by atoms with Crippen molar-refractivity contribution in [2.24, 2.45) is 0 Å². The maximum atomic E-state index is 13.2. The number of benzene rings is 1. The maximum absolute atomic E-state index is 13.2. The van der Waals surface area contributed by atoms with Crippen LogP contribution >= 0.6 is 11.6 Å². The van der Waals surface area contributed by atoms with Crippen molar-refractivity contribution < 1.29 is 4.79 Å². The molecule has 0 saturated heterocycles. The minimum absolute atomic E-state index is 0.147. The lowest BCUT2D eigenvalue weighted by Gasteiger charge is -2.40. The summed E-state index contributed by atoms with van der Waals surface area (Å²) in [6.45, 7) is 9.08. The first-order chi connectivity index (χ1) is 16.2. The van der Waals surface area contributed by atoms with E-state index in [1.165, 1.54) is 12.8 Å². The number of aromatic nitrogens is 1. The van der Waals surface area contributed by atoms with Gasteiger partial charge in [-0.05, 0) is 96.3 Å². The number of hydrogen-bond acceptors (Lipinski definition) is 4. The molecule has 1 heterocycles. The lowest BCUT2D eigenvalue weighted by Crippen LogP contribution is -2.42. The summed E-state index contributed by atoms with van der Waals surface area (Å²) in [5, 5.41) is 3.51. The first-order valence-corrected chi connectivity index (χ1v) is 12.8. The molecule has 0 radical (unpaired) electrons. The van der Waals surface area contributed by atoms with Crippen LogP contribution in [0.2, 0.25) is 5.02 Å². The molecule has 0 unspecified atom stereocenters. The number of carbonyl (C=O) groups is 1. The standard InChI is InChI=1S/C27H39ClN4O2/c1-7-19-13-17(3)30-27(34)24(19)16-29-26(33)23-14-20(28)15-25(18(23)4)32(8-2)22-11-9-21(10-12-22)31(5)6/h13-15,21-22H,7-12,16H2,1-6H3,(H,29,33)(H,30,34)/t21-,22-. The first-order valence-electron chi connectivity index (χ1n) is 12.4. The van der Waals surface area contributed by atoms with E-state index in [1.54, 1.807) is 6.07 Å². The highest BCUT2D eigenvalue weighted by Crippen LogP contribution is 2.34. The molecule has 1 aromatic carbocycles. The van der Waals surface area contributed by atoms with Gasteiger partial charge in [0.25, 0.3) is 11.5 Å². The molecule has 186 valence electrons. The van der Waals surface area contributed by atoms with Crippen LogP contribution in [0.15, 0.2) is 23.0 Å². The molecule has 6 nitrogen and oxygen atoms in total. The van der Waals surface area contributed by atoms with E-state index in [-0.39, 0.29) is 18.0 Å². The maximum Gasteiger partial charge on any atom is 0.253 e. The number of H-pyrrole nitrogens is 1. The van der Waals surface area contributed by atoms with Gasteiger partial charge >= 0.3 is 0 Å². The van der Waals surface area contributed by atoms with Gasteiger partial charge in [-0.1, -0.05) is 18.5 Å². The van der Waals surface area contributed by atoms with Crippen LogP contribution in [0.25, 0.3) is 0 Å². The van der Waals surface area contributed by atoms with Crippen LogP contribution in [0.4, 0.5) is 5.69 Å². The van der Waals surface area contributed by atoms with Gasteiger partial charge in [0.2, 0.25) is 0 Å². The fraction of sp³-hybridized carbons (Fsp3) is 0.556. The molecule has 34 heavy (non-hydrogen) atoms. The normalized spacial score (nSPS) is 18.2. The predicted molar refractivity (Wildman–Crippen MR) is 141 cm³/mol. The van der Waals surface area contributed by atoms with Gasteiger partial charge in [-0.2, -0.15) is 0 Å². The van der Waals surface area contributed by atoms with Crippen molar-refractivity contribution >= 4 is 23.2 Å². The zero-order valence-corrected chi connectivity index (χ0v) is 22.2. The average molecular weight is 487 g/mol. The Labute approximate surface area is 208 Å². The summed E-state index contributed by atoms with van der Waals surface area (Å²) >= 11 is 6.51. The Morgan fingerprint density at radius 1 is 1.09 bits per heavy atom. The number of anilines is 1. The van der Waals surface area contributed by atoms with E-state index in [0.717, 1.165) is 48.3 Å². The van der Waals surface area contributed by atoms with E-state index in [4.69, 9.17) is 11.6 Å². The summed E-state index contributed by atoms with van der Waals surface area (Å²) in [6, 6.07) is 6.75. The molecule has 1 aliphatic carbocycles. The zero-order chi connectivity index (χ0) is 25.0. The van der Waals surface area contributed by atoms with E-state index in [1.807, 2.05) is 32.9 Å². The number of amides is 1. The second kappa shape index (κ2) is 11.4. The van der Waals surface area contributed by atoms with E-state index < -0.39 is 0 Å². The summed E-state index contributed by atoms with van der Waals surface area (Å²) in [5.74, 6) is -0.212. The minimum atomic E-state index is -0.212. The van der Waals surface area contributed by atoms with Gasteiger partial charge in [-0.3, -0.25) is 9.59 Å². The van der Waals surface area contributed by atoms with Crippen LogP contribution in [-0.4, -0.2) is 48.5 Å². The average Bonchev–Trinajstić information content (AvgIpc) is 2.80. The Morgan fingerprint density at radius 2 is 1.74 bits per heavy atom. The molecule has 0 atom stereocenters. The molecule has 1 amide bonds. The number of rotatable bonds is 8. The third-order valence-corrected chi connectivity index (χ3v) is 7.47. The van der Waals surface area contributed by atoms with Crippen molar-refractivity contribution in [3.63, 3.8) is 0 Å². The van der Waals surface area contributed by atoms with Crippen LogP contribution in [0.1, 0.15) is 72.3 Å². The molecule has 0 bridgehead atoms. The van der Waals surface area contributed by atoms with Gasteiger partial charge in [-0.15, -0.1) is 0 Å². The molecular formula is C27H39ClN4O2. The third-order valence-electron chi connectivity index (χ3n) is 7.25. The Morgan fingerprint density at radius 3 is 2.32 bits per heavy atom. The highest BCUT2D eigenvalue weighted by Gasteiger charge is 2.28. The Hall–Kier alpha value is -2.31. The predicted octanol–water partition coefficient (Wildman–Crippen LogP) is 4.84. The molecule has 7 heteroatoms. The van der Waals surface area contributed by atoms with Crippen LogP contribution in [-0.2, 0) is 13.0 Å².